The van der Waals surface area contributed by atoms with Crippen LogP contribution in [0.2, 0.25) is 10.0 Å². The Morgan fingerprint density at radius 3 is 2.79 bits per heavy atom. The normalized spacial score (nSPS) is 10.9. The van der Waals surface area contributed by atoms with Gasteiger partial charge in [0.05, 0.1) is 16.6 Å². The summed E-state index contributed by atoms with van der Waals surface area (Å²) in [4.78, 5) is 0. The van der Waals surface area contributed by atoms with Gasteiger partial charge in [-0.05, 0) is 37.2 Å². The molecule has 0 unspecified atom stereocenters. The van der Waals surface area contributed by atoms with Gasteiger partial charge in [0, 0.05) is 5.56 Å². The molecule has 102 valence electrons. The molecule has 19 heavy (non-hydrogen) atoms. The van der Waals surface area contributed by atoms with Crippen molar-refractivity contribution < 1.29 is 4.42 Å². The van der Waals surface area contributed by atoms with Crippen molar-refractivity contribution in [2.75, 3.05) is 6.54 Å². The summed E-state index contributed by atoms with van der Waals surface area (Å²) in [6, 6.07) is 9.43. The second kappa shape index (κ2) is 6.99. The summed E-state index contributed by atoms with van der Waals surface area (Å²) in [5.41, 5.74) is 0.828. The van der Waals surface area contributed by atoms with Crippen LogP contribution in [0.4, 0.5) is 0 Å². The van der Waals surface area contributed by atoms with Gasteiger partial charge in [-0.2, -0.15) is 0 Å². The number of halogens is 2. The predicted octanol–water partition coefficient (Wildman–Crippen LogP) is 5.14. The molecule has 4 heteroatoms. The lowest BCUT2D eigenvalue weighted by Crippen LogP contribution is -2.13. The lowest BCUT2D eigenvalue weighted by atomic mass is 10.2. The number of benzene rings is 1. The van der Waals surface area contributed by atoms with E-state index in [1.807, 2.05) is 24.3 Å². The van der Waals surface area contributed by atoms with Crippen molar-refractivity contribution in [3.8, 4) is 11.3 Å². The second-order valence-corrected chi connectivity index (χ2v) is 5.18. The molecule has 0 fully saturated rings. The molecule has 0 atom stereocenters. The molecule has 0 aliphatic heterocycles. The summed E-state index contributed by atoms with van der Waals surface area (Å²) in [5, 5.41) is 4.41. The first-order valence-electron chi connectivity index (χ1n) is 6.46. The number of hydrogen-bond acceptors (Lipinski definition) is 2. The quantitative estimate of drug-likeness (QED) is 0.747. The zero-order chi connectivity index (χ0) is 13.7. The first kappa shape index (κ1) is 14.4. The molecule has 1 aromatic heterocycles. The van der Waals surface area contributed by atoms with E-state index in [1.165, 1.54) is 12.8 Å². The van der Waals surface area contributed by atoms with Crippen LogP contribution >= 0.6 is 23.2 Å². The van der Waals surface area contributed by atoms with Crippen LogP contribution in [-0.4, -0.2) is 6.54 Å². The summed E-state index contributed by atoms with van der Waals surface area (Å²) < 4.78 is 5.78. The van der Waals surface area contributed by atoms with Crippen molar-refractivity contribution in [3.63, 3.8) is 0 Å². The third-order valence-electron chi connectivity index (χ3n) is 2.89. The Kier molecular flexibility index (Phi) is 5.32. The molecule has 0 radical (unpaired) electrons. The average Bonchev–Trinajstić information content (AvgIpc) is 2.87. The zero-order valence-corrected chi connectivity index (χ0v) is 12.4. The maximum absolute atomic E-state index is 6.18. The molecule has 0 amide bonds. The van der Waals surface area contributed by atoms with Crippen LogP contribution in [0.25, 0.3) is 11.3 Å². The minimum absolute atomic E-state index is 0.531. The molecule has 0 bridgehead atoms. The average molecular weight is 298 g/mol. The minimum Gasteiger partial charge on any atom is -0.460 e. The van der Waals surface area contributed by atoms with Crippen molar-refractivity contribution in [2.24, 2.45) is 0 Å². The van der Waals surface area contributed by atoms with Gasteiger partial charge < -0.3 is 9.73 Å². The molecular weight excluding hydrogens is 281 g/mol. The highest BCUT2D eigenvalue weighted by Crippen LogP contribution is 2.34. The first-order chi connectivity index (χ1) is 9.22. The maximum Gasteiger partial charge on any atom is 0.135 e. The summed E-state index contributed by atoms with van der Waals surface area (Å²) in [6.45, 7) is 3.91. The lowest BCUT2D eigenvalue weighted by molar-refractivity contribution is 0.490. The molecule has 0 aliphatic carbocycles. The van der Waals surface area contributed by atoms with Crippen molar-refractivity contribution in [1.82, 2.24) is 5.32 Å². The number of rotatable bonds is 6. The largest absolute Gasteiger partial charge is 0.460 e. The van der Waals surface area contributed by atoms with Gasteiger partial charge in [-0.3, -0.25) is 0 Å². The van der Waals surface area contributed by atoms with Gasteiger partial charge in [0.1, 0.15) is 11.5 Å². The Bertz CT molecular complexity index is 537. The van der Waals surface area contributed by atoms with E-state index in [2.05, 4.69) is 12.2 Å². The topological polar surface area (TPSA) is 25.2 Å². The van der Waals surface area contributed by atoms with Gasteiger partial charge in [-0.25, -0.2) is 0 Å². The molecule has 0 saturated carbocycles. The Balaban J connectivity index is 2.06. The van der Waals surface area contributed by atoms with Crippen LogP contribution in [0.15, 0.2) is 34.7 Å². The molecule has 0 spiro atoms. The van der Waals surface area contributed by atoms with Crippen LogP contribution in [-0.2, 0) is 6.54 Å². The number of nitrogens with one attached hydrogen (secondary N) is 1. The summed E-state index contributed by atoms with van der Waals surface area (Å²) in [6.07, 6.45) is 2.36. The molecule has 2 aromatic rings. The molecule has 2 nitrogen and oxygen atoms in total. The third-order valence-corrected chi connectivity index (χ3v) is 3.70. The molecule has 1 N–H and O–H groups in total. The van der Waals surface area contributed by atoms with Crippen LogP contribution in [0.1, 0.15) is 25.5 Å². The van der Waals surface area contributed by atoms with E-state index < -0.39 is 0 Å². The smallest absolute Gasteiger partial charge is 0.135 e. The Labute approximate surface area is 123 Å². The maximum atomic E-state index is 6.18. The van der Waals surface area contributed by atoms with Gasteiger partial charge in [-0.15, -0.1) is 0 Å². The molecule has 1 heterocycles. The molecule has 0 saturated heterocycles. The van der Waals surface area contributed by atoms with Gasteiger partial charge in [0.2, 0.25) is 0 Å². The fourth-order valence-electron chi connectivity index (χ4n) is 1.83. The minimum atomic E-state index is 0.531. The summed E-state index contributed by atoms with van der Waals surface area (Å²) in [7, 11) is 0. The zero-order valence-electron chi connectivity index (χ0n) is 10.9. The van der Waals surface area contributed by atoms with E-state index in [1.54, 1.807) is 6.07 Å². The van der Waals surface area contributed by atoms with Gasteiger partial charge >= 0.3 is 0 Å². The standard InChI is InChI=1S/C15H17Cl2NO/c1-2-3-9-18-10-11-7-8-14(19-11)12-5-4-6-13(16)15(12)17/h4-8,18H,2-3,9-10H2,1H3. The number of furan rings is 1. The van der Waals surface area contributed by atoms with Crippen LogP contribution in [0.5, 0.6) is 0 Å². The molecule has 1 aromatic carbocycles. The van der Waals surface area contributed by atoms with E-state index in [9.17, 15) is 0 Å². The van der Waals surface area contributed by atoms with E-state index in [4.69, 9.17) is 27.6 Å². The van der Waals surface area contributed by atoms with Crippen molar-refractivity contribution in [1.29, 1.82) is 0 Å². The van der Waals surface area contributed by atoms with Crippen LogP contribution in [0.3, 0.4) is 0 Å². The Morgan fingerprint density at radius 1 is 1.16 bits per heavy atom. The van der Waals surface area contributed by atoms with Crippen LogP contribution < -0.4 is 5.32 Å². The van der Waals surface area contributed by atoms with E-state index in [0.717, 1.165) is 30.2 Å². The van der Waals surface area contributed by atoms with E-state index >= 15 is 0 Å². The van der Waals surface area contributed by atoms with E-state index in [-0.39, 0.29) is 0 Å². The fourth-order valence-corrected chi connectivity index (χ4v) is 2.22. The van der Waals surface area contributed by atoms with Gasteiger partial charge in [-0.1, -0.05) is 42.6 Å². The third kappa shape index (κ3) is 3.75. The highest BCUT2D eigenvalue weighted by molar-refractivity contribution is 6.43. The summed E-state index contributed by atoms with van der Waals surface area (Å²) >= 11 is 12.2. The van der Waals surface area contributed by atoms with Crippen molar-refractivity contribution in [3.05, 3.63) is 46.1 Å². The van der Waals surface area contributed by atoms with Crippen molar-refractivity contribution >= 4 is 23.2 Å². The lowest BCUT2D eigenvalue weighted by Gasteiger charge is -2.03. The fraction of sp³-hybridized carbons (Fsp3) is 0.333. The predicted molar refractivity (Wildman–Crippen MR) is 80.8 cm³/mol. The molecule has 2 rings (SSSR count). The van der Waals surface area contributed by atoms with Gasteiger partial charge in [0.15, 0.2) is 0 Å². The SMILES string of the molecule is CCCCNCc1ccc(-c2cccc(Cl)c2Cl)o1. The van der Waals surface area contributed by atoms with Crippen LogP contribution in [0, 0.1) is 0 Å². The highest BCUT2D eigenvalue weighted by Gasteiger charge is 2.10. The van der Waals surface area contributed by atoms with Gasteiger partial charge in [0.25, 0.3) is 0 Å². The monoisotopic (exact) mass is 297 g/mol. The summed E-state index contributed by atoms with van der Waals surface area (Å²) in [5.74, 6) is 1.65. The van der Waals surface area contributed by atoms with E-state index in [0.29, 0.717) is 10.0 Å². The van der Waals surface area contributed by atoms with Crippen molar-refractivity contribution in [2.45, 2.75) is 26.3 Å². The Morgan fingerprint density at radius 2 is 2.00 bits per heavy atom. The number of hydrogen-bond donors (Lipinski definition) is 1. The highest BCUT2D eigenvalue weighted by atomic mass is 35.5. The second-order valence-electron chi connectivity index (χ2n) is 4.40. The first-order valence-corrected chi connectivity index (χ1v) is 7.21. The number of unbranched alkanes of at least 4 members (excludes halogenated alkanes) is 1. The molecular formula is C15H17Cl2NO. The molecule has 0 aliphatic rings. The Hall–Kier alpha value is -0.960.